The first-order valence-corrected chi connectivity index (χ1v) is 8.48. The minimum Gasteiger partial charge on any atom is -0.316 e. The van der Waals surface area contributed by atoms with Gasteiger partial charge in [0.25, 0.3) is 0 Å². The lowest BCUT2D eigenvalue weighted by atomic mass is 9.81. The summed E-state index contributed by atoms with van der Waals surface area (Å²) in [6.07, 6.45) is 5.51. The van der Waals surface area contributed by atoms with E-state index in [0.717, 1.165) is 18.4 Å². The van der Waals surface area contributed by atoms with Gasteiger partial charge in [0, 0.05) is 19.6 Å². The fourth-order valence-corrected chi connectivity index (χ4v) is 2.85. The van der Waals surface area contributed by atoms with Gasteiger partial charge in [0.1, 0.15) is 0 Å². The zero-order valence-electron chi connectivity index (χ0n) is 14.0. The summed E-state index contributed by atoms with van der Waals surface area (Å²) >= 11 is 0. The number of nitrogens with one attached hydrogen (secondary N) is 1. The largest absolute Gasteiger partial charge is 0.316 e. The smallest absolute Gasteiger partial charge is 0.00499 e. The summed E-state index contributed by atoms with van der Waals surface area (Å²) in [7, 11) is 0. The lowest BCUT2D eigenvalue weighted by Crippen LogP contribution is -2.44. The van der Waals surface area contributed by atoms with Crippen molar-refractivity contribution in [3.63, 3.8) is 0 Å². The number of rotatable bonds is 11. The van der Waals surface area contributed by atoms with Crippen molar-refractivity contribution in [1.82, 2.24) is 10.2 Å². The standard InChI is InChI=1S/C17H36N2/c1-6-17(7-2,13-18-11-15(4)5)14-19(8-3)12-16-9-10-16/h15-16,18H,6-14H2,1-5H3. The van der Waals surface area contributed by atoms with Gasteiger partial charge in [-0.2, -0.15) is 0 Å². The number of hydrogen-bond acceptors (Lipinski definition) is 2. The molecule has 0 radical (unpaired) electrons. The Morgan fingerprint density at radius 3 is 2.21 bits per heavy atom. The van der Waals surface area contributed by atoms with Crippen molar-refractivity contribution in [2.45, 2.75) is 60.3 Å². The van der Waals surface area contributed by atoms with Crippen LogP contribution in [0.4, 0.5) is 0 Å². The first kappa shape index (κ1) is 17.0. The van der Waals surface area contributed by atoms with Gasteiger partial charge in [-0.05, 0) is 56.0 Å². The first-order valence-electron chi connectivity index (χ1n) is 8.48. The maximum atomic E-state index is 3.70. The molecule has 0 aliphatic heterocycles. The molecule has 0 aromatic heterocycles. The average Bonchev–Trinajstić information content (AvgIpc) is 3.20. The topological polar surface area (TPSA) is 15.3 Å². The Kier molecular flexibility index (Phi) is 7.38. The SMILES string of the molecule is CCN(CC1CC1)CC(CC)(CC)CNCC(C)C. The summed E-state index contributed by atoms with van der Waals surface area (Å²) in [5.74, 6) is 1.76. The minimum atomic E-state index is 0.472. The Morgan fingerprint density at radius 1 is 1.16 bits per heavy atom. The Bertz CT molecular complexity index is 229. The second-order valence-electron chi connectivity index (χ2n) is 7.00. The first-order chi connectivity index (χ1) is 9.05. The van der Waals surface area contributed by atoms with Gasteiger partial charge in [0.15, 0.2) is 0 Å². The van der Waals surface area contributed by atoms with Crippen molar-refractivity contribution >= 4 is 0 Å². The quantitative estimate of drug-likeness (QED) is 0.613. The van der Waals surface area contributed by atoms with E-state index in [0.29, 0.717) is 5.41 Å². The molecule has 2 nitrogen and oxygen atoms in total. The molecule has 0 unspecified atom stereocenters. The van der Waals surface area contributed by atoms with Gasteiger partial charge in [-0.15, -0.1) is 0 Å². The molecule has 19 heavy (non-hydrogen) atoms. The number of nitrogens with zero attached hydrogens (tertiary/aromatic N) is 1. The van der Waals surface area contributed by atoms with Crippen molar-refractivity contribution in [2.75, 3.05) is 32.7 Å². The maximum Gasteiger partial charge on any atom is 0.00499 e. The van der Waals surface area contributed by atoms with E-state index in [-0.39, 0.29) is 0 Å². The highest BCUT2D eigenvalue weighted by molar-refractivity contribution is 4.85. The van der Waals surface area contributed by atoms with Crippen LogP contribution in [0, 0.1) is 17.3 Å². The lowest BCUT2D eigenvalue weighted by molar-refractivity contribution is 0.133. The molecule has 0 saturated heterocycles. The molecule has 0 atom stereocenters. The fraction of sp³-hybridized carbons (Fsp3) is 1.00. The van der Waals surface area contributed by atoms with Crippen LogP contribution in [0.5, 0.6) is 0 Å². The Labute approximate surface area is 121 Å². The summed E-state index contributed by atoms with van der Waals surface area (Å²) in [4.78, 5) is 2.70. The van der Waals surface area contributed by atoms with Crippen LogP contribution < -0.4 is 5.32 Å². The van der Waals surface area contributed by atoms with E-state index in [2.05, 4.69) is 44.8 Å². The van der Waals surface area contributed by atoms with E-state index < -0.39 is 0 Å². The molecule has 1 rings (SSSR count). The van der Waals surface area contributed by atoms with Gasteiger partial charge in [-0.25, -0.2) is 0 Å². The molecule has 1 N–H and O–H groups in total. The van der Waals surface area contributed by atoms with E-state index in [1.807, 2.05) is 0 Å². The van der Waals surface area contributed by atoms with Crippen LogP contribution in [-0.2, 0) is 0 Å². The van der Waals surface area contributed by atoms with E-state index in [1.165, 1.54) is 51.9 Å². The van der Waals surface area contributed by atoms with Gasteiger partial charge in [-0.1, -0.05) is 34.6 Å². The predicted octanol–water partition coefficient (Wildman–Crippen LogP) is 3.77. The molecule has 0 bridgehead atoms. The highest BCUT2D eigenvalue weighted by atomic mass is 15.1. The van der Waals surface area contributed by atoms with Crippen LogP contribution in [-0.4, -0.2) is 37.6 Å². The summed E-state index contributed by atoms with van der Waals surface area (Å²) in [5, 5.41) is 3.70. The molecular formula is C17H36N2. The Hall–Kier alpha value is -0.0800. The van der Waals surface area contributed by atoms with Crippen molar-refractivity contribution < 1.29 is 0 Å². The van der Waals surface area contributed by atoms with Crippen LogP contribution in [0.25, 0.3) is 0 Å². The predicted molar refractivity (Wildman–Crippen MR) is 85.6 cm³/mol. The molecule has 0 aromatic rings. The fourth-order valence-electron chi connectivity index (χ4n) is 2.85. The van der Waals surface area contributed by atoms with E-state index in [9.17, 15) is 0 Å². The molecule has 0 heterocycles. The normalized spacial score (nSPS) is 16.6. The van der Waals surface area contributed by atoms with Crippen LogP contribution >= 0.6 is 0 Å². The molecule has 1 saturated carbocycles. The van der Waals surface area contributed by atoms with Crippen LogP contribution in [0.1, 0.15) is 60.3 Å². The summed E-state index contributed by atoms with van der Waals surface area (Å²) < 4.78 is 0. The molecule has 1 aliphatic rings. The van der Waals surface area contributed by atoms with Gasteiger partial charge in [0.2, 0.25) is 0 Å². The maximum absolute atomic E-state index is 3.70. The minimum absolute atomic E-state index is 0.472. The Morgan fingerprint density at radius 2 is 1.79 bits per heavy atom. The number of hydrogen-bond donors (Lipinski definition) is 1. The lowest BCUT2D eigenvalue weighted by Gasteiger charge is -2.37. The molecule has 1 fully saturated rings. The monoisotopic (exact) mass is 268 g/mol. The summed E-state index contributed by atoms with van der Waals surface area (Å²) in [6, 6.07) is 0. The van der Waals surface area contributed by atoms with Crippen LogP contribution in [0.2, 0.25) is 0 Å². The van der Waals surface area contributed by atoms with Gasteiger partial charge in [-0.3, -0.25) is 0 Å². The third-order valence-corrected chi connectivity index (χ3v) is 4.77. The Balaban J connectivity index is 2.46. The zero-order valence-corrected chi connectivity index (χ0v) is 14.0. The zero-order chi connectivity index (χ0) is 14.3. The van der Waals surface area contributed by atoms with Crippen molar-refractivity contribution in [1.29, 1.82) is 0 Å². The van der Waals surface area contributed by atoms with E-state index in [4.69, 9.17) is 0 Å². The highest BCUT2D eigenvalue weighted by Crippen LogP contribution is 2.32. The molecular weight excluding hydrogens is 232 g/mol. The van der Waals surface area contributed by atoms with Crippen molar-refractivity contribution in [3.8, 4) is 0 Å². The summed E-state index contributed by atoms with van der Waals surface area (Å²) in [5.41, 5.74) is 0.472. The molecule has 0 aromatic carbocycles. The van der Waals surface area contributed by atoms with Crippen LogP contribution in [0.15, 0.2) is 0 Å². The molecule has 0 spiro atoms. The van der Waals surface area contributed by atoms with Gasteiger partial charge in [0.05, 0.1) is 0 Å². The highest BCUT2D eigenvalue weighted by Gasteiger charge is 2.31. The van der Waals surface area contributed by atoms with Gasteiger partial charge < -0.3 is 10.2 Å². The van der Waals surface area contributed by atoms with Gasteiger partial charge >= 0.3 is 0 Å². The second-order valence-corrected chi connectivity index (χ2v) is 7.00. The van der Waals surface area contributed by atoms with E-state index in [1.54, 1.807) is 0 Å². The summed E-state index contributed by atoms with van der Waals surface area (Å²) in [6.45, 7) is 17.8. The second kappa shape index (κ2) is 8.26. The molecule has 1 aliphatic carbocycles. The molecule has 0 amide bonds. The van der Waals surface area contributed by atoms with Crippen LogP contribution in [0.3, 0.4) is 0 Å². The third-order valence-electron chi connectivity index (χ3n) is 4.77. The third kappa shape index (κ3) is 6.27. The van der Waals surface area contributed by atoms with Crippen molar-refractivity contribution in [3.05, 3.63) is 0 Å². The van der Waals surface area contributed by atoms with E-state index >= 15 is 0 Å². The average molecular weight is 268 g/mol. The molecule has 114 valence electrons. The van der Waals surface area contributed by atoms with Crippen molar-refractivity contribution in [2.24, 2.45) is 17.3 Å². The molecule has 2 heteroatoms.